The first-order valence-corrected chi connectivity index (χ1v) is 29.2. The molecule has 2 rings (SSSR count). The zero-order valence-electron chi connectivity index (χ0n) is 45.2. The summed E-state index contributed by atoms with van der Waals surface area (Å²) in [6, 6.07) is -0.935. The molecule has 2 heterocycles. The highest BCUT2D eigenvalue weighted by Crippen LogP contribution is 2.30. The van der Waals surface area contributed by atoms with E-state index in [4.69, 9.17) is 18.9 Å². The summed E-state index contributed by atoms with van der Waals surface area (Å²) in [5.74, 6) is -0.251. The summed E-state index contributed by atoms with van der Waals surface area (Å²) in [5.41, 5.74) is 0. The summed E-state index contributed by atoms with van der Waals surface area (Å²) >= 11 is 0. The molecule has 0 radical (unpaired) electrons. The maximum Gasteiger partial charge on any atom is 0.220 e. The number of unbranched alkanes of at least 4 members (excludes halogenated alkanes) is 29. The number of rotatable bonds is 46. The van der Waals surface area contributed by atoms with Gasteiger partial charge in [0, 0.05) is 6.42 Å². The van der Waals surface area contributed by atoms with Crippen LogP contribution < -0.4 is 5.32 Å². The largest absolute Gasteiger partial charge is 0.394 e. The van der Waals surface area contributed by atoms with Gasteiger partial charge in [-0.05, 0) is 44.9 Å². The third-order valence-electron chi connectivity index (χ3n) is 14.3. The number of aliphatic hydroxyl groups excluding tert-OH is 8. The van der Waals surface area contributed by atoms with Gasteiger partial charge in [0.1, 0.15) is 48.8 Å². The zero-order valence-corrected chi connectivity index (χ0v) is 45.2. The molecule has 1 amide bonds. The Morgan fingerprint density at radius 3 is 1.36 bits per heavy atom. The molecule has 14 nitrogen and oxygen atoms in total. The molecule has 422 valence electrons. The number of aliphatic hydroxyl groups is 8. The van der Waals surface area contributed by atoms with Crippen LogP contribution >= 0.6 is 0 Å². The number of hydrogen-bond donors (Lipinski definition) is 9. The van der Waals surface area contributed by atoms with E-state index in [0.29, 0.717) is 12.8 Å². The van der Waals surface area contributed by atoms with Crippen molar-refractivity contribution in [3.05, 3.63) is 36.5 Å². The molecule has 0 saturated carbocycles. The van der Waals surface area contributed by atoms with Gasteiger partial charge in [0.05, 0.1) is 32.0 Å². The lowest BCUT2D eigenvalue weighted by atomic mass is 9.97. The van der Waals surface area contributed by atoms with Gasteiger partial charge >= 0.3 is 0 Å². The SMILES string of the molecule is CCCCCCCCCCCCCC/C=C/CC/C=C/CC/C=C/C(O)C(COC1OC(CO)C(OC2OC(CO)C(O)C(O)C2O)C(O)C1O)NC(=O)CCCCCCCCCCCCCCCCCC. The minimum absolute atomic E-state index is 0.251. The Balaban J connectivity index is 1.81. The highest BCUT2D eigenvalue weighted by atomic mass is 16.7. The molecule has 72 heavy (non-hydrogen) atoms. The van der Waals surface area contributed by atoms with Crippen LogP contribution in [0, 0.1) is 0 Å². The lowest BCUT2D eigenvalue weighted by Crippen LogP contribution is -2.65. The van der Waals surface area contributed by atoms with Crippen LogP contribution in [0.5, 0.6) is 0 Å². The van der Waals surface area contributed by atoms with E-state index in [2.05, 4.69) is 43.5 Å². The molecular formula is C58H107NO13. The van der Waals surface area contributed by atoms with Gasteiger partial charge in [0.2, 0.25) is 5.91 Å². The highest BCUT2D eigenvalue weighted by molar-refractivity contribution is 5.76. The summed E-state index contributed by atoms with van der Waals surface area (Å²) in [5, 5.41) is 87.0. The number of carbonyl (C=O) groups is 1. The van der Waals surface area contributed by atoms with Crippen LogP contribution in [-0.2, 0) is 23.7 Å². The fourth-order valence-corrected chi connectivity index (χ4v) is 9.56. The Kier molecular flexibility index (Phi) is 40.9. The Morgan fingerprint density at radius 2 is 0.889 bits per heavy atom. The van der Waals surface area contributed by atoms with Crippen LogP contribution in [0.3, 0.4) is 0 Å². The van der Waals surface area contributed by atoms with E-state index < -0.39 is 86.8 Å². The third-order valence-corrected chi connectivity index (χ3v) is 14.3. The lowest BCUT2D eigenvalue weighted by Gasteiger charge is -2.46. The van der Waals surface area contributed by atoms with Crippen LogP contribution in [0.15, 0.2) is 36.5 Å². The maximum atomic E-state index is 13.2. The zero-order chi connectivity index (χ0) is 52.4. The third kappa shape index (κ3) is 30.1. The van der Waals surface area contributed by atoms with Crippen molar-refractivity contribution in [3.8, 4) is 0 Å². The van der Waals surface area contributed by atoms with E-state index in [1.165, 1.54) is 154 Å². The molecule has 0 spiro atoms. The minimum Gasteiger partial charge on any atom is -0.394 e. The molecule has 2 aliphatic rings. The second kappa shape index (κ2) is 44.3. The molecule has 0 aromatic heterocycles. The highest BCUT2D eigenvalue weighted by Gasteiger charge is 2.51. The van der Waals surface area contributed by atoms with Crippen LogP contribution in [0.2, 0.25) is 0 Å². The Hall–Kier alpha value is -1.79. The predicted molar refractivity (Wildman–Crippen MR) is 286 cm³/mol. The van der Waals surface area contributed by atoms with Crippen LogP contribution in [0.1, 0.15) is 232 Å². The second-order valence-electron chi connectivity index (χ2n) is 20.8. The van der Waals surface area contributed by atoms with Crippen molar-refractivity contribution >= 4 is 5.91 Å². The summed E-state index contributed by atoms with van der Waals surface area (Å²) in [6.07, 6.45) is 36.1. The number of nitrogens with one attached hydrogen (secondary N) is 1. The van der Waals surface area contributed by atoms with E-state index in [1.54, 1.807) is 6.08 Å². The van der Waals surface area contributed by atoms with E-state index in [1.807, 2.05) is 6.08 Å². The number of amides is 1. The van der Waals surface area contributed by atoms with E-state index in [-0.39, 0.29) is 18.9 Å². The second-order valence-corrected chi connectivity index (χ2v) is 20.8. The van der Waals surface area contributed by atoms with Gasteiger partial charge in [-0.2, -0.15) is 0 Å². The van der Waals surface area contributed by atoms with Crippen LogP contribution in [-0.4, -0.2) is 140 Å². The average molecular weight is 1030 g/mol. The molecular weight excluding hydrogens is 919 g/mol. The smallest absolute Gasteiger partial charge is 0.220 e. The van der Waals surface area contributed by atoms with Crippen molar-refractivity contribution in [2.24, 2.45) is 0 Å². The van der Waals surface area contributed by atoms with Crippen molar-refractivity contribution in [3.63, 3.8) is 0 Å². The van der Waals surface area contributed by atoms with Gasteiger partial charge in [-0.25, -0.2) is 0 Å². The van der Waals surface area contributed by atoms with E-state index in [9.17, 15) is 45.6 Å². The summed E-state index contributed by atoms with van der Waals surface area (Å²) < 4.78 is 22.7. The van der Waals surface area contributed by atoms with Crippen LogP contribution in [0.25, 0.3) is 0 Å². The molecule has 2 saturated heterocycles. The van der Waals surface area contributed by atoms with Gasteiger partial charge < -0.3 is 65.1 Å². The summed E-state index contributed by atoms with van der Waals surface area (Å²) in [6.45, 7) is 2.79. The number of hydrogen-bond acceptors (Lipinski definition) is 13. The molecule has 0 aromatic rings. The fourth-order valence-electron chi connectivity index (χ4n) is 9.56. The molecule has 12 atom stereocenters. The molecule has 12 unspecified atom stereocenters. The maximum absolute atomic E-state index is 13.2. The molecule has 0 bridgehead atoms. The molecule has 0 aromatic carbocycles. The van der Waals surface area contributed by atoms with Crippen molar-refractivity contribution < 1.29 is 64.6 Å². The van der Waals surface area contributed by atoms with Crippen molar-refractivity contribution in [2.75, 3.05) is 19.8 Å². The van der Waals surface area contributed by atoms with E-state index >= 15 is 0 Å². The Labute approximate surface area is 436 Å². The molecule has 2 fully saturated rings. The number of carbonyl (C=O) groups excluding carboxylic acids is 1. The molecule has 14 heteroatoms. The standard InChI is InChI=1S/C58H107NO13/c1-3-5-7-9-11-13-15-17-19-21-22-23-24-25-26-27-29-31-33-35-37-39-41-47(62)46(59-50(63)42-40-38-36-34-32-30-28-20-18-16-14-12-10-8-6-4-2)45-69-57-55(68)53(66)56(49(44-61)71-57)72-58-54(67)52(65)51(64)48(43-60)70-58/h25-26,31,33,39,41,46-49,51-58,60-62,64-68H,3-24,27-30,32,34-38,40,42-45H2,1-2H3,(H,59,63)/b26-25+,33-31+,41-39+. The molecule has 9 N–H and O–H groups in total. The Morgan fingerprint density at radius 1 is 0.486 bits per heavy atom. The van der Waals surface area contributed by atoms with Gasteiger partial charge in [0.15, 0.2) is 12.6 Å². The van der Waals surface area contributed by atoms with Gasteiger partial charge in [-0.15, -0.1) is 0 Å². The number of allylic oxidation sites excluding steroid dienone is 5. The van der Waals surface area contributed by atoms with Gasteiger partial charge in [0.25, 0.3) is 0 Å². The minimum atomic E-state index is -1.79. The predicted octanol–water partition coefficient (Wildman–Crippen LogP) is 9.44. The summed E-state index contributed by atoms with van der Waals surface area (Å²) in [4.78, 5) is 13.2. The average Bonchev–Trinajstić information content (AvgIpc) is 3.38. The first-order valence-electron chi connectivity index (χ1n) is 29.2. The van der Waals surface area contributed by atoms with Gasteiger partial charge in [-0.1, -0.05) is 217 Å². The monoisotopic (exact) mass is 1030 g/mol. The quantitative estimate of drug-likeness (QED) is 0.0205. The van der Waals surface area contributed by atoms with Crippen molar-refractivity contribution in [1.82, 2.24) is 5.32 Å². The van der Waals surface area contributed by atoms with Gasteiger partial charge in [-0.3, -0.25) is 4.79 Å². The first-order chi connectivity index (χ1) is 35.1. The normalized spacial score (nSPS) is 25.8. The fraction of sp³-hybridized carbons (Fsp3) is 0.879. The summed E-state index contributed by atoms with van der Waals surface area (Å²) in [7, 11) is 0. The first kappa shape index (κ1) is 66.3. The van der Waals surface area contributed by atoms with Crippen LogP contribution in [0.4, 0.5) is 0 Å². The Bertz CT molecular complexity index is 1350. The molecule has 0 aliphatic carbocycles. The topological polar surface area (TPSA) is 228 Å². The lowest BCUT2D eigenvalue weighted by molar-refractivity contribution is -0.359. The van der Waals surface area contributed by atoms with Crippen molar-refractivity contribution in [1.29, 1.82) is 0 Å². The molecule has 2 aliphatic heterocycles. The van der Waals surface area contributed by atoms with E-state index in [0.717, 1.165) is 44.9 Å². The number of ether oxygens (including phenoxy) is 4. The van der Waals surface area contributed by atoms with Crippen molar-refractivity contribution in [2.45, 2.75) is 306 Å².